The van der Waals surface area contributed by atoms with Crippen molar-refractivity contribution >= 4 is 35.4 Å². The van der Waals surface area contributed by atoms with Gasteiger partial charge < -0.3 is 20.7 Å². The van der Waals surface area contributed by atoms with Gasteiger partial charge in [0.25, 0.3) is 11.8 Å². The van der Waals surface area contributed by atoms with E-state index in [2.05, 4.69) is 5.32 Å². The number of ether oxygens (including phenoxy) is 1. The Morgan fingerprint density at radius 3 is 2.48 bits per heavy atom. The van der Waals surface area contributed by atoms with Gasteiger partial charge in [-0.15, -0.1) is 0 Å². The number of amides is 5. The number of carbonyl (C=O) groups is 5. The third-order valence-electron chi connectivity index (χ3n) is 5.36. The van der Waals surface area contributed by atoms with E-state index < -0.39 is 54.2 Å². The lowest BCUT2D eigenvalue weighted by atomic mass is 9.96. The van der Waals surface area contributed by atoms with E-state index >= 15 is 0 Å². The van der Waals surface area contributed by atoms with Crippen LogP contribution in [0.1, 0.15) is 26.2 Å². The Morgan fingerprint density at radius 2 is 1.90 bits per heavy atom. The molecule has 2 aliphatic rings. The quantitative estimate of drug-likeness (QED) is 0.423. The van der Waals surface area contributed by atoms with E-state index in [-0.39, 0.29) is 24.6 Å². The molecule has 0 bridgehead atoms. The Labute approximate surface area is 177 Å². The first kappa shape index (κ1) is 22.2. The van der Waals surface area contributed by atoms with Crippen LogP contribution in [0.3, 0.4) is 0 Å². The minimum Gasteiger partial charge on any atom is -0.454 e. The Morgan fingerprint density at radius 1 is 1.26 bits per heavy atom. The second-order valence-electron chi connectivity index (χ2n) is 7.70. The summed E-state index contributed by atoms with van der Waals surface area (Å²) in [5, 5.41) is 2.61. The lowest BCUT2D eigenvalue weighted by Crippen LogP contribution is -2.46. The first-order valence-electron chi connectivity index (χ1n) is 9.76. The summed E-state index contributed by atoms with van der Waals surface area (Å²) >= 11 is 0. The van der Waals surface area contributed by atoms with Gasteiger partial charge >= 0.3 is 12.0 Å². The highest BCUT2D eigenvalue weighted by Gasteiger charge is 2.56. The van der Waals surface area contributed by atoms with Crippen molar-refractivity contribution in [3.63, 3.8) is 0 Å². The third kappa shape index (κ3) is 4.98. The lowest BCUT2D eigenvalue weighted by molar-refractivity contribution is -0.150. The number of anilines is 1. The largest absolute Gasteiger partial charge is 0.454 e. The SMILES string of the molecule is CC1(C2CC2)NC(=O)N(CC(=O)OCC(=O)N(CCC(N)=O)c2ccc(F)cc2)C1=O. The van der Waals surface area contributed by atoms with Crippen LogP contribution in [-0.4, -0.2) is 59.9 Å². The van der Waals surface area contributed by atoms with E-state index in [4.69, 9.17) is 10.5 Å². The highest BCUT2D eigenvalue weighted by atomic mass is 19.1. The molecule has 1 aromatic rings. The number of rotatable bonds is 9. The van der Waals surface area contributed by atoms with Crippen LogP contribution in [0.25, 0.3) is 0 Å². The van der Waals surface area contributed by atoms with Crippen LogP contribution in [0.4, 0.5) is 14.9 Å². The van der Waals surface area contributed by atoms with Crippen LogP contribution in [0.2, 0.25) is 0 Å². The first-order chi connectivity index (χ1) is 14.6. The number of nitrogens with two attached hydrogens (primary N) is 1. The van der Waals surface area contributed by atoms with E-state index in [1.54, 1.807) is 6.92 Å². The lowest BCUT2D eigenvalue weighted by Gasteiger charge is -2.22. The van der Waals surface area contributed by atoms with Gasteiger partial charge in [0.2, 0.25) is 5.91 Å². The van der Waals surface area contributed by atoms with E-state index in [1.807, 2.05) is 0 Å². The van der Waals surface area contributed by atoms with Crippen molar-refractivity contribution in [2.45, 2.75) is 31.7 Å². The summed E-state index contributed by atoms with van der Waals surface area (Å²) in [7, 11) is 0. The van der Waals surface area contributed by atoms with E-state index in [0.717, 1.165) is 34.8 Å². The number of carbonyl (C=O) groups excluding carboxylic acids is 5. The molecule has 31 heavy (non-hydrogen) atoms. The molecule has 2 fully saturated rings. The fraction of sp³-hybridized carbons (Fsp3) is 0.450. The molecule has 1 saturated heterocycles. The molecule has 10 nitrogen and oxygen atoms in total. The van der Waals surface area contributed by atoms with Gasteiger partial charge in [0.15, 0.2) is 6.61 Å². The summed E-state index contributed by atoms with van der Waals surface area (Å²) in [6.45, 7) is 0.208. The summed E-state index contributed by atoms with van der Waals surface area (Å²) in [5.41, 5.74) is 4.40. The minimum absolute atomic E-state index is 0.0427. The van der Waals surface area contributed by atoms with Crippen molar-refractivity contribution in [1.29, 1.82) is 0 Å². The van der Waals surface area contributed by atoms with Crippen molar-refractivity contribution in [2.75, 3.05) is 24.6 Å². The predicted octanol–water partition coefficient (Wildman–Crippen LogP) is 0.298. The molecule has 0 aromatic heterocycles. The Balaban J connectivity index is 1.59. The summed E-state index contributed by atoms with van der Waals surface area (Å²) in [6, 6.07) is 4.27. The maximum absolute atomic E-state index is 13.2. The standard InChI is InChI=1S/C20H23FN4O6/c1-20(12-2-3-12)18(29)25(19(30)23-20)10-17(28)31-11-16(27)24(9-8-15(22)26)14-6-4-13(21)5-7-14/h4-7,12H,2-3,8-11H2,1H3,(H2,22,26)(H,23,30). The molecule has 11 heteroatoms. The number of hydrogen-bond acceptors (Lipinski definition) is 6. The maximum Gasteiger partial charge on any atom is 0.326 e. The summed E-state index contributed by atoms with van der Waals surface area (Å²) < 4.78 is 18.1. The van der Waals surface area contributed by atoms with Gasteiger partial charge in [0.05, 0.1) is 0 Å². The number of esters is 1. The zero-order valence-electron chi connectivity index (χ0n) is 16.9. The molecular weight excluding hydrogens is 411 g/mol. The van der Waals surface area contributed by atoms with Crippen LogP contribution < -0.4 is 16.0 Å². The zero-order valence-corrected chi connectivity index (χ0v) is 16.9. The highest BCUT2D eigenvalue weighted by molar-refractivity contribution is 6.09. The zero-order chi connectivity index (χ0) is 22.8. The molecule has 3 rings (SSSR count). The molecule has 1 saturated carbocycles. The monoisotopic (exact) mass is 434 g/mol. The summed E-state index contributed by atoms with van der Waals surface area (Å²) in [4.78, 5) is 62.4. The summed E-state index contributed by atoms with van der Waals surface area (Å²) in [6.07, 6.45) is 1.49. The molecule has 1 aliphatic heterocycles. The van der Waals surface area contributed by atoms with Gasteiger partial charge in [-0.1, -0.05) is 0 Å². The van der Waals surface area contributed by atoms with Crippen LogP contribution >= 0.6 is 0 Å². The Hall–Kier alpha value is -3.50. The predicted molar refractivity (Wildman–Crippen MR) is 105 cm³/mol. The first-order valence-corrected chi connectivity index (χ1v) is 9.76. The van der Waals surface area contributed by atoms with E-state index in [1.165, 1.54) is 12.1 Å². The maximum atomic E-state index is 13.2. The number of nitrogens with one attached hydrogen (secondary N) is 1. The molecule has 0 radical (unpaired) electrons. The Kier molecular flexibility index (Phi) is 6.23. The molecule has 1 unspecified atom stereocenters. The molecule has 0 spiro atoms. The second kappa shape index (κ2) is 8.70. The van der Waals surface area contributed by atoms with Crippen LogP contribution in [-0.2, 0) is 23.9 Å². The fourth-order valence-electron chi connectivity index (χ4n) is 3.43. The summed E-state index contributed by atoms with van der Waals surface area (Å²) in [5.74, 6) is -3.23. The number of hydrogen-bond donors (Lipinski definition) is 2. The van der Waals surface area contributed by atoms with E-state index in [9.17, 15) is 28.4 Å². The second-order valence-corrected chi connectivity index (χ2v) is 7.70. The third-order valence-corrected chi connectivity index (χ3v) is 5.36. The van der Waals surface area contributed by atoms with Gasteiger partial charge in [-0.05, 0) is 49.9 Å². The van der Waals surface area contributed by atoms with Crippen LogP contribution in [0.5, 0.6) is 0 Å². The average molecular weight is 434 g/mol. The number of imide groups is 1. The highest BCUT2D eigenvalue weighted by Crippen LogP contribution is 2.42. The van der Waals surface area contributed by atoms with Crippen molar-refractivity contribution in [2.24, 2.45) is 11.7 Å². The molecular formula is C20H23FN4O6. The number of primary amides is 1. The van der Waals surface area contributed by atoms with Crippen LogP contribution in [0.15, 0.2) is 24.3 Å². The van der Waals surface area contributed by atoms with Crippen molar-refractivity contribution in [3.05, 3.63) is 30.1 Å². The normalized spacial score (nSPS) is 20.4. The van der Waals surface area contributed by atoms with Gasteiger partial charge in [0.1, 0.15) is 17.9 Å². The molecule has 1 aliphatic carbocycles. The van der Waals surface area contributed by atoms with Crippen molar-refractivity contribution < 1.29 is 33.1 Å². The minimum atomic E-state index is -1.03. The van der Waals surface area contributed by atoms with Gasteiger partial charge in [-0.3, -0.25) is 24.1 Å². The van der Waals surface area contributed by atoms with E-state index in [0.29, 0.717) is 0 Å². The molecule has 166 valence electrons. The molecule has 5 amide bonds. The average Bonchev–Trinajstić information content (AvgIpc) is 3.54. The number of urea groups is 1. The molecule has 1 atom stereocenters. The topological polar surface area (TPSA) is 139 Å². The number of halogens is 1. The molecule has 1 heterocycles. The van der Waals surface area contributed by atoms with Gasteiger partial charge in [0, 0.05) is 18.7 Å². The van der Waals surface area contributed by atoms with Crippen LogP contribution in [0, 0.1) is 11.7 Å². The molecule has 1 aromatic carbocycles. The van der Waals surface area contributed by atoms with Gasteiger partial charge in [-0.25, -0.2) is 9.18 Å². The van der Waals surface area contributed by atoms with Crippen molar-refractivity contribution in [3.8, 4) is 0 Å². The van der Waals surface area contributed by atoms with Crippen molar-refractivity contribution in [1.82, 2.24) is 10.2 Å². The fourth-order valence-corrected chi connectivity index (χ4v) is 3.43. The smallest absolute Gasteiger partial charge is 0.326 e. The number of benzene rings is 1. The Bertz CT molecular complexity index is 917. The van der Waals surface area contributed by atoms with Gasteiger partial charge in [-0.2, -0.15) is 0 Å². The molecule has 3 N–H and O–H groups in total. The number of nitrogens with zero attached hydrogens (tertiary/aromatic N) is 2.